The summed E-state index contributed by atoms with van der Waals surface area (Å²) in [6.07, 6.45) is -0.669. The summed E-state index contributed by atoms with van der Waals surface area (Å²) in [4.78, 5) is 32.3. The molecule has 0 saturated heterocycles. The van der Waals surface area contributed by atoms with Gasteiger partial charge in [-0.15, -0.1) is 0 Å². The Balaban J connectivity index is 4.53. The zero-order valence-electron chi connectivity index (χ0n) is 15.0. The monoisotopic (exact) mass is 348 g/mol. The van der Waals surface area contributed by atoms with Crippen LogP contribution in [0.1, 0.15) is 41.0 Å². The maximum absolute atomic E-state index is 11.3. The summed E-state index contributed by atoms with van der Waals surface area (Å²) < 4.78 is 14.4. The Morgan fingerprint density at radius 1 is 1.21 bits per heavy atom. The maximum atomic E-state index is 11.3. The molecule has 0 radical (unpaired) electrons. The molecular weight excluding hydrogens is 320 g/mol. The highest BCUT2D eigenvalue weighted by Gasteiger charge is 2.38. The first-order valence-corrected chi connectivity index (χ1v) is 7.66. The third kappa shape index (κ3) is 8.28. The van der Waals surface area contributed by atoms with E-state index in [1.54, 1.807) is 0 Å². The third-order valence-corrected chi connectivity index (χ3v) is 4.00. The van der Waals surface area contributed by atoms with E-state index in [1.807, 2.05) is 34.6 Å². The van der Waals surface area contributed by atoms with Gasteiger partial charge in [-0.3, -0.25) is 0 Å². The summed E-state index contributed by atoms with van der Waals surface area (Å²) >= 11 is 0. The van der Waals surface area contributed by atoms with Crippen molar-refractivity contribution in [3.8, 4) is 0 Å². The van der Waals surface area contributed by atoms with Crippen LogP contribution in [0.15, 0.2) is 12.7 Å². The van der Waals surface area contributed by atoms with E-state index in [0.717, 1.165) is 12.5 Å². The number of carbonyl (C=O) groups is 2. The molecular formula is C16H28O8. The smallest absolute Gasteiger partial charge is 0.450 e. The van der Waals surface area contributed by atoms with Crippen LogP contribution in [0.2, 0.25) is 0 Å². The van der Waals surface area contributed by atoms with Crippen LogP contribution in [0.5, 0.6) is 0 Å². The van der Waals surface area contributed by atoms with Gasteiger partial charge in [0, 0.05) is 6.08 Å². The lowest BCUT2D eigenvalue weighted by atomic mass is 9.75. The van der Waals surface area contributed by atoms with E-state index < -0.39 is 24.0 Å². The number of ether oxygens (including phenoxy) is 3. The molecule has 8 heteroatoms. The number of rotatable bonds is 12. The van der Waals surface area contributed by atoms with Crippen molar-refractivity contribution in [1.82, 2.24) is 0 Å². The molecule has 1 atom stereocenters. The lowest BCUT2D eigenvalue weighted by Gasteiger charge is -2.39. The minimum atomic E-state index is -1.39. The van der Waals surface area contributed by atoms with Crippen molar-refractivity contribution in [1.29, 1.82) is 0 Å². The van der Waals surface area contributed by atoms with Crippen molar-refractivity contribution in [2.75, 3.05) is 19.8 Å². The SMILES string of the molecule is C=CC(=O)OC(COCCOC(=O)O)OOC(C)(C)C(C)(C)CC. The minimum absolute atomic E-state index is 0.0123. The van der Waals surface area contributed by atoms with Gasteiger partial charge in [0.25, 0.3) is 6.29 Å². The fourth-order valence-electron chi connectivity index (χ4n) is 1.34. The second-order valence-electron chi connectivity index (χ2n) is 6.19. The van der Waals surface area contributed by atoms with Crippen molar-refractivity contribution in [3.05, 3.63) is 12.7 Å². The number of hydrogen-bond acceptors (Lipinski definition) is 7. The Kier molecular flexibility index (Phi) is 9.57. The average molecular weight is 348 g/mol. The molecule has 0 amide bonds. The summed E-state index contributed by atoms with van der Waals surface area (Å²) in [5.41, 5.74) is -0.830. The van der Waals surface area contributed by atoms with Crippen LogP contribution in [-0.2, 0) is 28.8 Å². The zero-order valence-corrected chi connectivity index (χ0v) is 15.0. The fourth-order valence-corrected chi connectivity index (χ4v) is 1.34. The van der Waals surface area contributed by atoms with Crippen molar-refractivity contribution < 1.29 is 38.7 Å². The Labute approximate surface area is 142 Å². The first-order chi connectivity index (χ1) is 11.1. The van der Waals surface area contributed by atoms with Gasteiger partial charge in [-0.05, 0) is 25.7 Å². The van der Waals surface area contributed by atoms with Gasteiger partial charge in [0.15, 0.2) is 0 Å². The van der Waals surface area contributed by atoms with E-state index in [-0.39, 0.29) is 25.2 Å². The molecule has 0 aromatic heterocycles. The molecule has 140 valence electrons. The normalized spacial score (nSPS) is 13.2. The highest BCUT2D eigenvalue weighted by Crippen LogP contribution is 2.37. The second kappa shape index (κ2) is 10.3. The molecule has 24 heavy (non-hydrogen) atoms. The number of esters is 1. The topological polar surface area (TPSA) is 101 Å². The predicted molar refractivity (Wildman–Crippen MR) is 85.2 cm³/mol. The molecule has 0 aliphatic rings. The molecule has 0 aromatic carbocycles. The molecule has 0 aliphatic carbocycles. The quantitative estimate of drug-likeness (QED) is 0.143. The van der Waals surface area contributed by atoms with Gasteiger partial charge in [0.1, 0.15) is 18.8 Å². The number of carboxylic acid groups (broad SMARTS) is 1. The molecule has 0 aromatic rings. The Morgan fingerprint density at radius 2 is 1.83 bits per heavy atom. The summed E-state index contributed by atoms with van der Waals surface area (Å²) in [5.74, 6) is -0.693. The zero-order chi connectivity index (χ0) is 18.8. The summed E-state index contributed by atoms with van der Waals surface area (Å²) in [7, 11) is 0. The van der Waals surface area contributed by atoms with Gasteiger partial charge in [-0.25, -0.2) is 14.5 Å². The Morgan fingerprint density at radius 3 is 2.33 bits per heavy atom. The van der Waals surface area contributed by atoms with Crippen LogP contribution in [-0.4, -0.2) is 48.9 Å². The van der Waals surface area contributed by atoms with Crippen LogP contribution in [0.4, 0.5) is 4.79 Å². The first kappa shape index (κ1) is 22.4. The van der Waals surface area contributed by atoms with Crippen molar-refractivity contribution in [3.63, 3.8) is 0 Å². The lowest BCUT2D eigenvalue weighted by molar-refractivity contribution is -0.431. The number of carbonyl (C=O) groups excluding carboxylic acids is 1. The van der Waals surface area contributed by atoms with Gasteiger partial charge < -0.3 is 19.3 Å². The molecule has 0 spiro atoms. The van der Waals surface area contributed by atoms with Gasteiger partial charge in [-0.1, -0.05) is 27.4 Å². The summed E-state index contributed by atoms with van der Waals surface area (Å²) in [5, 5.41) is 8.34. The highest BCUT2D eigenvalue weighted by molar-refractivity contribution is 5.81. The molecule has 0 bridgehead atoms. The van der Waals surface area contributed by atoms with Crippen LogP contribution in [0.25, 0.3) is 0 Å². The van der Waals surface area contributed by atoms with E-state index in [4.69, 9.17) is 24.4 Å². The van der Waals surface area contributed by atoms with Crippen molar-refractivity contribution in [2.24, 2.45) is 5.41 Å². The molecule has 1 N–H and O–H groups in total. The lowest BCUT2D eigenvalue weighted by Crippen LogP contribution is -2.43. The van der Waals surface area contributed by atoms with Crippen LogP contribution in [0.3, 0.4) is 0 Å². The molecule has 8 nitrogen and oxygen atoms in total. The Hall–Kier alpha value is -1.64. The van der Waals surface area contributed by atoms with E-state index in [0.29, 0.717) is 0 Å². The summed E-state index contributed by atoms with van der Waals surface area (Å²) in [6, 6.07) is 0. The fraction of sp³-hybridized carbons (Fsp3) is 0.750. The molecule has 0 fully saturated rings. The molecule has 0 rings (SSSR count). The van der Waals surface area contributed by atoms with Gasteiger partial charge in [-0.2, -0.15) is 4.89 Å². The van der Waals surface area contributed by atoms with Gasteiger partial charge >= 0.3 is 12.1 Å². The molecule has 0 saturated carbocycles. The van der Waals surface area contributed by atoms with Gasteiger partial charge in [0.05, 0.1) is 6.61 Å². The minimum Gasteiger partial charge on any atom is -0.450 e. The van der Waals surface area contributed by atoms with E-state index >= 15 is 0 Å². The second-order valence-corrected chi connectivity index (χ2v) is 6.19. The average Bonchev–Trinajstić information content (AvgIpc) is 2.51. The van der Waals surface area contributed by atoms with Crippen LogP contribution < -0.4 is 0 Å². The first-order valence-electron chi connectivity index (χ1n) is 7.66. The van der Waals surface area contributed by atoms with Gasteiger partial charge in [0.2, 0.25) is 0 Å². The highest BCUT2D eigenvalue weighted by atomic mass is 17.2. The number of hydrogen-bond donors (Lipinski definition) is 1. The van der Waals surface area contributed by atoms with Crippen LogP contribution >= 0.6 is 0 Å². The Bertz CT molecular complexity index is 416. The van der Waals surface area contributed by atoms with Crippen molar-refractivity contribution >= 4 is 12.1 Å². The van der Waals surface area contributed by atoms with E-state index in [2.05, 4.69) is 11.3 Å². The van der Waals surface area contributed by atoms with E-state index in [1.165, 1.54) is 0 Å². The summed E-state index contributed by atoms with van der Waals surface area (Å²) in [6.45, 7) is 12.8. The molecule has 0 aliphatic heterocycles. The molecule has 1 unspecified atom stereocenters. The maximum Gasteiger partial charge on any atom is 0.505 e. The molecule has 0 heterocycles. The largest absolute Gasteiger partial charge is 0.505 e. The predicted octanol–water partition coefficient (Wildman–Crippen LogP) is 2.92. The van der Waals surface area contributed by atoms with Crippen LogP contribution in [0, 0.1) is 5.41 Å². The third-order valence-electron chi connectivity index (χ3n) is 4.00. The van der Waals surface area contributed by atoms with E-state index in [9.17, 15) is 9.59 Å². The van der Waals surface area contributed by atoms with Crippen molar-refractivity contribution in [2.45, 2.75) is 52.9 Å². The standard InChI is InChI=1S/C16H28O8/c1-7-12(17)22-13(11-20-9-10-21-14(18)19)23-24-16(5,6)15(3,4)8-2/h7,13H,1,8-11H2,2-6H3,(H,18,19).